The minimum Gasteiger partial charge on any atom is -0.494 e. The number of carbonyl (C=O) groups excluding carboxylic acids is 1. The highest BCUT2D eigenvalue weighted by Gasteiger charge is 2.59. The first-order valence-corrected chi connectivity index (χ1v) is 9.12. The summed E-state index contributed by atoms with van der Waals surface area (Å²) in [5.74, 6) is 0.273. The van der Waals surface area contributed by atoms with Crippen molar-refractivity contribution in [2.24, 2.45) is 0 Å². The summed E-state index contributed by atoms with van der Waals surface area (Å²) in [5, 5.41) is 9.57. The number of pyridine rings is 1. The molecule has 1 saturated carbocycles. The molecule has 1 aliphatic carbocycles. The van der Waals surface area contributed by atoms with E-state index in [0.717, 1.165) is 30.5 Å². The van der Waals surface area contributed by atoms with Gasteiger partial charge in [-0.3, -0.25) is 9.69 Å². The summed E-state index contributed by atoms with van der Waals surface area (Å²) in [5.41, 5.74) is 2.12. The van der Waals surface area contributed by atoms with Crippen LogP contribution in [0.25, 0.3) is 0 Å². The second-order valence-corrected chi connectivity index (χ2v) is 7.20. The Balaban J connectivity index is 1.80. The van der Waals surface area contributed by atoms with E-state index < -0.39 is 5.54 Å². The topological polar surface area (TPSA) is 69.5 Å². The Morgan fingerprint density at radius 3 is 2.52 bits per heavy atom. The molecular formula is C20H18N4O2S. The maximum absolute atomic E-state index is 13.4. The molecule has 1 amide bonds. The van der Waals surface area contributed by atoms with E-state index in [1.165, 1.54) is 18.2 Å². The van der Waals surface area contributed by atoms with Crippen LogP contribution in [0.5, 0.6) is 5.75 Å². The highest BCUT2D eigenvalue weighted by molar-refractivity contribution is 7.81. The molecule has 4 rings (SSSR count). The van der Waals surface area contributed by atoms with Crippen molar-refractivity contribution in [1.82, 2.24) is 4.98 Å². The molecule has 2 fully saturated rings. The average Bonchev–Trinajstić information content (AvgIpc) is 2.89. The highest BCUT2D eigenvalue weighted by Crippen LogP contribution is 2.47. The van der Waals surface area contributed by atoms with Crippen LogP contribution in [-0.2, 0) is 4.79 Å². The Hall–Kier alpha value is -2.98. The lowest BCUT2D eigenvalue weighted by Gasteiger charge is -2.43. The fraction of sp³-hybridized carbons (Fsp3) is 0.300. The Morgan fingerprint density at radius 2 is 1.96 bits per heavy atom. The average molecular weight is 378 g/mol. The zero-order valence-electron chi connectivity index (χ0n) is 15.1. The van der Waals surface area contributed by atoms with E-state index in [2.05, 4.69) is 4.98 Å². The van der Waals surface area contributed by atoms with Crippen LogP contribution in [0, 0.1) is 18.3 Å². The lowest BCUT2D eigenvalue weighted by molar-refractivity contribution is -0.123. The quantitative estimate of drug-likeness (QED) is 0.763. The van der Waals surface area contributed by atoms with E-state index >= 15 is 0 Å². The second-order valence-electron chi connectivity index (χ2n) is 6.84. The first kappa shape index (κ1) is 17.4. The van der Waals surface area contributed by atoms with Crippen molar-refractivity contribution < 1.29 is 9.53 Å². The lowest BCUT2D eigenvalue weighted by Crippen LogP contribution is -2.55. The first-order valence-electron chi connectivity index (χ1n) is 8.71. The number of anilines is 2. The third kappa shape index (κ3) is 2.48. The Bertz CT molecular complexity index is 976. The molecule has 2 aromatic rings. The van der Waals surface area contributed by atoms with Crippen molar-refractivity contribution in [2.75, 3.05) is 16.9 Å². The molecule has 1 saturated heterocycles. The van der Waals surface area contributed by atoms with Gasteiger partial charge in [0.25, 0.3) is 5.91 Å². The normalized spacial score (nSPS) is 17.8. The summed E-state index contributed by atoms with van der Waals surface area (Å²) in [4.78, 5) is 21.0. The fourth-order valence-electron chi connectivity index (χ4n) is 3.70. The minimum atomic E-state index is -0.631. The third-order valence-electron chi connectivity index (χ3n) is 5.31. The largest absolute Gasteiger partial charge is 0.494 e. The predicted molar refractivity (Wildman–Crippen MR) is 106 cm³/mol. The van der Waals surface area contributed by atoms with E-state index in [0.29, 0.717) is 16.5 Å². The Morgan fingerprint density at radius 1 is 1.26 bits per heavy atom. The Kier molecular flexibility index (Phi) is 4.08. The number of hydrogen-bond donors (Lipinski definition) is 0. The number of methoxy groups -OCH3 is 1. The molecule has 6 nitrogen and oxygen atoms in total. The number of ether oxygens (including phenoxy) is 1. The van der Waals surface area contributed by atoms with Gasteiger partial charge in [-0.1, -0.05) is 17.7 Å². The number of aryl methyl sites for hydroxylation is 1. The van der Waals surface area contributed by atoms with Gasteiger partial charge in [0.2, 0.25) is 0 Å². The summed E-state index contributed by atoms with van der Waals surface area (Å²) in [6.07, 6.45) is 4.00. The molecule has 0 radical (unpaired) electrons. The minimum absolute atomic E-state index is 0.0483. The van der Waals surface area contributed by atoms with Gasteiger partial charge in [0.15, 0.2) is 16.6 Å². The number of nitriles is 1. The molecule has 2 aliphatic rings. The molecule has 7 heteroatoms. The molecule has 0 N–H and O–H groups in total. The smallest absolute Gasteiger partial charge is 0.259 e. The van der Waals surface area contributed by atoms with Gasteiger partial charge in [0.1, 0.15) is 11.6 Å². The monoisotopic (exact) mass is 378 g/mol. The van der Waals surface area contributed by atoms with Crippen LogP contribution in [0.15, 0.2) is 36.5 Å². The summed E-state index contributed by atoms with van der Waals surface area (Å²) in [7, 11) is 1.47. The van der Waals surface area contributed by atoms with Gasteiger partial charge in [-0.25, -0.2) is 4.98 Å². The summed E-state index contributed by atoms with van der Waals surface area (Å²) >= 11 is 5.72. The van der Waals surface area contributed by atoms with Crippen LogP contribution in [0.4, 0.5) is 11.4 Å². The number of aromatic nitrogens is 1. The second kappa shape index (κ2) is 6.32. The van der Waals surface area contributed by atoms with Crippen molar-refractivity contribution >= 4 is 34.6 Å². The van der Waals surface area contributed by atoms with E-state index in [1.807, 2.05) is 42.2 Å². The van der Waals surface area contributed by atoms with Crippen LogP contribution in [0.1, 0.15) is 30.5 Å². The number of thiocarbonyl (C=S) groups is 1. The van der Waals surface area contributed by atoms with Crippen molar-refractivity contribution in [1.29, 1.82) is 5.26 Å². The molecule has 2 heterocycles. The number of carbonyl (C=O) groups is 1. The van der Waals surface area contributed by atoms with Gasteiger partial charge < -0.3 is 9.64 Å². The SMILES string of the molecule is COc1cc(N2C(=O)C3(CCC3)N(c3ccc(C)cc3)C2=S)cnc1C#N. The van der Waals surface area contributed by atoms with Gasteiger partial charge in [-0.05, 0) is 50.5 Å². The molecule has 1 aromatic carbocycles. The molecule has 0 bridgehead atoms. The van der Waals surface area contributed by atoms with Crippen molar-refractivity contribution in [3.05, 3.63) is 47.8 Å². The van der Waals surface area contributed by atoms with E-state index in [4.69, 9.17) is 22.2 Å². The zero-order valence-corrected chi connectivity index (χ0v) is 15.9. The predicted octanol–water partition coefficient (Wildman–Crippen LogP) is 3.33. The summed E-state index contributed by atoms with van der Waals surface area (Å²) in [6.45, 7) is 2.03. The molecule has 136 valence electrons. The molecule has 1 aromatic heterocycles. The van der Waals surface area contributed by atoms with Gasteiger partial charge in [-0.2, -0.15) is 5.26 Å². The van der Waals surface area contributed by atoms with Gasteiger partial charge in [0.05, 0.1) is 19.0 Å². The number of nitrogens with zero attached hydrogens (tertiary/aromatic N) is 4. The maximum Gasteiger partial charge on any atom is 0.259 e. The number of amides is 1. The number of hydrogen-bond acceptors (Lipinski definition) is 5. The third-order valence-corrected chi connectivity index (χ3v) is 5.67. The molecule has 1 spiro atoms. The van der Waals surface area contributed by atoms with Gasteiger partial charge >= 0.3 is 0 Å². The summed E-state index contributed by atoms with van der Waals surface area (Å²) in [6, 6.07) is 11.6. The van der Waals surface area contributed by atoms with E-state index in [9.17, 15) is 4.79 Å². The maximum atomic E-state index is 13.4. The molecule has 1 aliphatic heterocycles. The number of benzene rings is 1. The van der Waals surface area contributed by atoms with E-state index in [-0.39, 0.29) is 11.6 Å². The molecule has 0 unspecified atom stereocenters. The van der Waals surface area contributed by atoms with E-state index in [1.54, 1.807) is 6.07 Å². The van der Waals surface area contributed by atoms with Crippen LogP contribution < -0.4 is 14.5 Å². The zero-order chi connectivity index (χ0) is 19.2. The number of rotatable bonds is 3. The van der Waals surface area contributed by atoms with Crippen LogP contribution in [0.2, 0.25) is 0 Å². The highest BCUT2D eigenvalue weighted by atomic mass is 32.1. The van der Waals surface area contributed by atoms with Crippen LogP contribution in [0.3, 0.4) is 0 Å². The van der Waals surface area contributed by atoms with Crippen LogP contribution in [-0.4, -0.2) is 28.7 Å². The van der Waals surface area contributed by atoms with Crippen molar-refractivity contribution in [3.63, 3.8) is 0 Å². The molecule has 27 heavy (non-hydrogen) atoms. The lowest BCUT2D eigenvalue weighted by atomic mass is 9.75. The van der Waals surface area contributed by atoms with Gasteiger partial charge in [-0.15, -0.1) is 0 Å². The van der Waals surface area contributed by atoms with Gasteiger partial charge in [0, 0.05) is 11.8 Å². The summed E-state index contributed by atoms with van der Waals surface area (Å²) < 4.78 is 5.24. The molecule has 0 atom stereocenters. The van der Waals surface area contributed by atoms with Crippen molar-refractivity contribution in [3.8, 4) is 11.8 Å². The fourth-order valence-corrected chi connectivity index (χ4v) is 4.17. The Labute approximate surface area is 163 Å². The standard InChI is InChI=1S/C20H18N4O2S/c1-13-4-6-14(7-5-13)24-19(27)23(18(25)20(24)8-3-9-20)15-10-17(26-2)16(11-21)22-12-15/h4-7,10,12H,3,8-9H2,1-2H3. The molecular weight excluding hydrogens is 360 g/mol. The van der Waals surface area contributed by atoms with Crippen LogP contribution >= 0.6 is 12.2 Å². The first-order chi connectivity index (χ1) is 13.0. The van der Waals surface area contributed by atoms with Crippen molar-refractivity contribution in [2.45, 2.75) is 31.7 Å².